The molecule has 1 N–H and O–H groups in total. The molecule has 1 aromatic rings. The van der Waals surface area contributed by atoms with Crippen molar-refractivity contribution in [1.82, 2.24) is 9.88 Å². The highest BCUT2D eigenvalue weighted by Crippen LogP contribution is 2.16. The van der Waals surface area contributed by atoms with E-state index in [1.807, 2.05) is 6.07 Å². The van der Waals surface area contributed by atoms with Crippen LogP contribution >= 0.6 is 0 Å². The first-order chi connectivity index (χ1) is 9.66. The molecule has 0 spiro atoms. The minimum absolute atomic E-state index is 0.0707. The molecule has 20 heavy (non-hydrogen) atoms. The van der Waals surface area contributed by atoms with E-state index in [4.69, 9.17) is 9.84 Å². The summed E-state index contributed by atoms with van der Waals surface area (Å²) in [6.07, 6.45) is 4.41. The van der Waals surface area contributed by atoms with E-state index in [1.165, 1.54) is 0 Å². The number of aromatic nitrogens is 1. The number of amides is 1. The monoisotopic (exact) mass is 278 g/mol. The zero-order chi connectivity index (χ0) is 14.4. The van der Waals surface area contributed by atoms with Gasteiger partial charge in [-0.15, -0.1) is 0 Å². The number of aliphatic carboxylic acids is 1. The third kappa shape index (κ3) is 4.03. The summed E-state index contributed by atoms with van der Waals surface area (Å²) in [7, 11) is 0. The Bertz CT molecular complexity index is 458. The Kier molecular flexibility index (Phi) is 5.06. The largest absolute Gasteiger partial charge is 0.481 e. The molecule has 1 fully saturated rings. The Morgan fingerprint density at radius 2 is 2.35 bits per heavy atom. The van der Waals surface area contributed by atoms with Crippen molar-refractivity contribution in [3.8, 4) is 0 Å². The Labute approximate surface area is 117 Å². The van der Waals surface area contributed by atoms with E-state index in [2.05, 4.69) is 4.98 Å². The van der Waals surface area contributed by atoms with Gasteiger partial charge in [0.15, 0.2) is 0 Å². The molecule has 2 rings (SSSR count). The summed E-state index contributed by atoms with van der Waals surface area (Å²) in [6.45, 7) is 1.14. The summed E-state index contributed by atoms with van der Waals surface area (Å²) in [5, 5.41) is 8.79. The van der Waals surface area contributed by atoms with Crippen LogP contribution in [0.5, 0.6) is 0 Å². The molecule has 1 amide bonds. The number of hydrogen-bond donors (Lipinski definition) is 1. The van der Waals surface area contributed by atoms with E-state index >= 15 is 0 Å². The van der Waals surface area contributed by atoms with Gasteiger partial charge < -0.3 is 14.7 Å². The molecular formula is C14H18N2O4. The Hall–Kier alpha value is -1.95. The van der Waals surface area contributed by atoms with Gasteiger partial charge in [-0.2, -0.15) is 0 Å². The van der Waals surface area contributed by atoms with Crippen molar-refractivity contribution in [1.29, 1.82) is 0 Å². The van der Waals surface area contributed by atoms with Crippen LogP contribution in [0.4, 0.5) is 0 Å². The quantitative estimate of drug-likeness (QED) is 0.841. The maximum atomic E-state index is 12.3. The topological polar surface area (TPSA) is 79.7 Å². The van der Waals surface area contributed by atoms with Crippen molar-refractivity contribution >= 4 is 11.9 Å². The lowest BCUT2D eigenvalue weighted by Crippen LogP contribution is -2.39. The van der Waals surface area contributed by atoms with Crippen molar-refractivity contribution in [2.45, 2.75) is 31.9 Å². The third-order valence-electron chi connectivity index (χ3n) is 3.21. The zero-order valence-electron chi connectivity index (χ0n) is 11.2. The summed E-state index contributed by atoms with van der Waals surface area (Å²) in [5.74, 6) is -1.05. The maximum absolute atomic E-state index is 12.3. The molecule has 0 radical (unpaired) electrons. The van der Waals surface area contributed by atoms with E-state index in [0.717, 1.165) is 12.0 Å². The summed E-state index contributed by atoms with van der Waals surface area (Å²) in [5.41, 5.74) is 0.879. The van der Waals surface area contributed by atoms with Crippen molar-refractivity contribution < 1.29 is 19.4 Å². The maximum Gasteiger partial charge on any atom is 0.305 e. The number of rotatable bonds is 6. The third-order valence-corrected chi connectivity index (χ3v) is 3.21. The second-order valence-corrected chi connectivity index (χ2v) is 4.77. The molecule has 1 saturated heterocycles. The summed E-state index contributed by atoms with van der Waals surface area (Å²) in [6, 6.07) is 3.66. The van der Waals surface area contributed by atoms with Crippen molar-refractivity contribution in [3.05, 3.63) is 30.1 Å². The summed E-state index contributed by atoms with van der Waals surface area (Å²) >= 11 is 0. The Morgan fingerprint density at radius 3 is 2.95 bits per heavy atom. The van der Waals surface area contributed by atoms with Gasteiger partial charge in [0.2, 0.25) is 0 Å². The average Bonchev–Trinajstić information content (AvgIpc) is 2.97. The second kappa shape index (κ2) is 7.00. The van der Waals surface area contributed by atoms with Crippen LogP contribution in [0.15, 0.2) is 24.5 Å². The average molecular weight is 278 g/mol. The Balaban J connectivity index is 2.03. The lowest BCUT2D eigenvalue weighted by Gasteiger charge is -2.24. The highest BCUT2D eigenvalue weighted by molar-refractivity contribution is 5.81. The predicted molar refractivity (Wildman–Crippen MR) is 70.9 cm³/mol. The van der Waals surface area contributed by atoms with Gasteiger partial charge in [0.25, 0.3) is 5.91 Å². The van der Waals surface area contributed by atoms with Gasteiger partial charge in [-0.3, -0.25) is 14.6 Å². The number of carboxylic acids is 1. The highest BCUT2D eigenvalue weighted by atomic mass is 16.5. The number of ether oxygens (including phenoxy) is 1. The molecule has 1 aliphatic rings. The van der Waals surface area contributed by atoms with Crippen LogP contribution in [-0.2, 0) is 20.9 Å². The smallest absolute Gasteiger partial charge is 0.305 e. The highest BCUT2D eigenvalue weighted by Gasteiger charge is 2.28. The van der Waals surface area contributed by atoms with Gasteiger partial charge in [-0.05, 0) is 24.5 Å². The van der Waals surface area contributed by atoms with Crippen LogP contribution in [0.1, 0.15) is 24.8 Å². The molecule has 0 aliphatic carbocycles. The molecule has 6 heteroatoms. The minimum Gasteiger partial charge on any atom is -0.481 e. The Morgan fingerprint density at radius 1 is 1.50 bits per heavy atom. The van der Waals surface area contributed by atoms with Gasteiger partial charge in [-0.25, -0.2) is 0 Å². The van der Waals surface area contributed by atoms with Crippen LogP contribution in [0, 0.1) is 0 Å². The first-order valence-electron chi connectivity index (χ1n) is 6.68. The molecule has 6 nitrogen and oxygen atoms in total. The predicted octanol–water partition coefficient (Wildman–Crippen LogP) is 1.06. The lowest BCUT2D eigenvalue weighted by atomic mass is 10.2. The SMILES string of the molecule is O=C(O)CCN(Cc1cccnc1)C(=O)C1CCCO1. The van der Waals surface area contributed by atoms with Crippen LogP contribution in [0.3, 0.4) is 0 Å². The van der Waals surface area contributed by atoms with Gasteiger partial charge in [0.1, 0.15) is 6.10 Å². The van der Waals surface area contributed by atoms with Crippen molar-refractivity contribution in [2.75, 3.05) is 13.2 Å². The molecule has 1 atom stereocenters. The van der Waals surface area contributed by atoms with E-state index in [-0.39, 0.29) is 18.9 Å². The summed E-state index contributed by atoms with van der Waals surface area (Å²) < 4.78 is 5.39. The van der Waals surface area contributed by atoms with Gasteiger partial charge >= 0.3 is 5.97 Å². The molecule has 0 saturated carbocycles. The number of pyridine rings is 1. The van der Waals surface area contributed by atoms with E-state index < -0.39 is 12.1 Å². The minimum atomic E-state index is -0.915. The van der Waals surface area contributed by atoms with Crippen molar-refractivity contribution in [2.24, 2.45) is 0 Å². The van der Waals surface area contributed by atoms with Crippen LogP contribution in [0.2, 0.25) is 0 Å². The molecule has 2 heterocycles. The number of carbonyl (C=O) groups is 2. The fourth-order valence-corrected chi connectivity index (χ4v) is 2.19. The molecule has 1 aliphatic heterocycles. The van der Waals surface area contributed by atoms with E-state index in [1.54, 1.807) is 23.4 Å². The fourth-order valence-electron chi connectivity index (χ4n) is 2.19. The van der Waals surface area contributed by atoms with Gasteiger partial charge in [-0.1, -0.05) is 6.07 Å². The fraction of sp³-hybridized carbons (Fsp3) is 0.500. The zero-order valence-corrected chi connectivity index (χ0v) is 11.2. The molecular weight excluding hydrogens is 260 g/mol. The second-order valence-electron chi connectivity index (χ2n) is 4.77. The van der Waals surface area contributed by atoms with Crippen LogP contribution < -0.4 is 0 Å². The molecule has 0 bridgehead atoms. The van der Waals surface area contributed by atoms with Crippen molar-refractivity contribution in [3.63, 3.8) is 0 Å². The van der Waals surface area contributed by atoms with Gasteiger partial charge in [0, 0.05) is 32.1 Å². The molecule has 1 aromatic heterocycles. The molecule has 108 valence electrons. The van der Waals surface area contributed by atoms with E-state index in [9.17, 15) is 9.59 Å². The van der Waals surface area contributed by atoms with Crippen LogP contribution in [0.25, 0.3) is 0 Å². The normalized spacial score (nSPS) is 17.9. The van der Waals surface area contributed by atoms with Crippen LogP contribution in [-0.4, -0.2) is 46.1 Å². The number of carbonyl (C=O) groups excluding carboxylic acids is 1. The van der Waals surface area contributed by atoms with Gasteiger partial charge in [0.05, 0.1) is 6.42 Å². The summed E-state index contributed by atoms with van der Waals surface area (Å²) in [4.78, 5) is 28.6. The first kappa shape index (κ1) is 14.5. The first-order valence-corrected chi connectivity index (χ1v) is 6.68. The lowest BCUT2D eigenvalue weighted by molar-refractivity contribution is -0.143. The molecule has 0 aromatic carbocycles. The number of carboxylic acid groups (broad SMARTS) is 1. The molecule has 1 unspecified atom stereocenters. The standard InChI is InChI=1S/C14H18N2O4/c17-13(18)5-7-16(10-11-3-1-6-15-9-11)14(19)12-4-2-8-20-12/h1,3,6,9,12H,2,4-5,7-8,10H2,(H,17,18). The van der Waals surface area contributed by atoms with E-state index in [0.29, 0.717) is 19.6 Å². The number of nitrogens with zero attached hydrogens (tertiary/aromatic N) is 2. The number of hydrogen-bond acceptors (Lipinski definition) is 4.